The predicted octanol–water partition coefficient (Wildman–Crippen LogP) is 6.74. The molecule has 0 unspecified atom stereocenters. The van der Waals surface area contributed by atoms with Crippen LogP contribution in [0.4, 0.5) is 0 Å². The van der Waals surface area contributed by atoms with Crippen LogP contribution in [0.5, 0.6) is 0 Å². The standard InChI is InChI=1S/C22H42O2/c1-18(2)10-7-11-19(3)12-8-13-20(4)14-9-15-22(6)23-16-21(5)17-24-22/h14,18-19,21H,7-13,15-17H2,1-6H3/b20-14+/t19-,21?,22?/m1/s1. The monoisotopic (exact) mass is 338 g/mol. The van der Waals surface area contributed by atoms with Crippen molar-refractivity contribution in [2.75, 3.05) is 13.2 Å². The van der Waals surface area contributed by atoms with Gasteiger partial charge in [-0.25, -0.2) is 0 Å². The molecule has 0 amide bonds. The van der Waals surface area contributed by atoms with Gasteiger partial charge in [0.25, 0.3) is 0 Å². The highest BCUT2D eigenvalue weighted by atomic mass is 16.7. The van der Waals surface area contributed by atoms with Crippen LogP contribution in [0.25, 0.3) is 0 Å². The van der Waals surface area contributed by atoms with E-state index < -0.39 is 0 Å². The molecule has 2 heteroatoms. The van der Waals surface area contributed by atoms with E-state index in [0.717, 1.165) is 37.9 Å². The third-order valence-corrected chi connectivity index (χ3v) is 5.18. The van der Waals surface area contributed by atoms with E-state index in [-0.39, 0.29) is 5.79 Å². The number of allylic oxidation sites excluding steroid dienone is 2. The Labute approximate surface area is 151 Å². The molecule has 142 valence electrons. The molecule has 1 aliphatic heterocycles. The first-order chi connectivity index (χ1) is 11.3. The van der Waals surface area contributed by atoms with Crippen molar-refractivity contribution in [3.05, 3.63) is 11.6 Å². The minimum absolute atomic E-state index is 0.367. The quantitative estimate of drug-likeness (QED) is 0.388. The first kappa shape index (κ1) is 21.7. The van der Waals surface area contributed by atoms with E-state index in [4.69, 9.17) is 9.47 Å². The van der Waals surface area contributed by atoms with Gasteiger partial charge >= 0.3 is 0 Å². The van der Waals surface area contributed by atoms with E-state index in [9.17, 15) is 0 Å². The zero-order valence-electron chi connectivity index (χ0n) is 17.2. The average Bonchev–Trinajstić information content (AvgIpc) is 2.50. The maximum Gasteiger partial charge on any atom is 0.165 e. The second-order valence-corrected chi connectivity index (χ2v) is 8.77. The lowest BCUT2D eigenvalue weighted by Gasteiger charge is -2.36. The number of hydrogen-bond donors (Lipinski definition) is 0. The van der Waals surface area contributed by atoms with Crippen molar-refractivity contribution in [3.63, 3.8) is 0 Å². The number of hydrogen-bond acceptors (Lipinski definition) is 2. The summed E-state index contributed by atoms with van der Waals surface area (Å²) in [6.07, 6.45) is 12.5. The minimum Gasteiger partial charge on any atom is -0.350 e. The van der Waals surface area contributed by atoms with E-state index >= 15 is 0 Å². The summed E-state index contributed by atoms with van der Waals surface area (Å²) in [4.78, 5) is 0. The van der Waals surface area contributed by atoms with Gasteiger partial charge in [-0.1, -0.05) is 65.0 Å². The normalized spacial score (nSPS) is 26.8. The number of ether oxygens (including phenoxy) is 2. The Morgan fingerprint density at radius 2 is 1.71 bits per heavy atom. The van der Waals surface area contributed by atoms with Crippen LogP contribution in [-0.2, 0) is 9.47 Å². The van der Waals surface area contributed by atoms with Gasteiger partial charge in [0.1, 0.15) is 0 Å². The fraction of sp³-hybridized carbons (Fsp3) is 0.909. The van der Waals surface area contributed by atoms with Crippen molar-refractivity contribution in [1.82, 2.24) is 0 Å². The summed E-state index contributed by atoms with van der Waals surface area (Å²) in [5.41, 5.74) is 1.53. The topological polar surface area (TPSA) is 18.5 Å². The smallest absolute Gasteiger partial charge is 0.165 e. The highest BCUT2D eigenvalue weighted by Gasteiger charge is 2.30. The molecule has 0 spiro atoms. The highest BCUT2D eigenvalue weighted by molar-refractivity contribution is 4.98. The van der Waals surface area contributed by atoms with Gasteiger partial charge in [-0.3, -0.25) is 0 Å². The fourth-order valence-electron chi connectivity index (χ4n) is 3.30. The summed E-state index contributed by atoms with van der Waals surface area (Å²) in [6, 6.07) is 0. The number of rotatable bonds is 11. The lowest BCUT2D eigenvalue weighted by Crippen LogP contribution is -2.40. The maximum absolute atomic E-state index is 5.87. The Balaban J connectivity index is 2.11. The SMILES string of the molecule is C/C(=C\CCC1(C)OCC(C)CO1)CCC[C@H](C)CCCC(C)C. The largest absolute Gasteiger partial charge is 0.350 e. The fourth-order valence-corrected chi connectivity index (χ4v) is 3.30. The van der Waals surface area contributed by atoms with Crippen molar-refractivity contribution in [2.45, 2.75) is 98.7 Å². The third-order valence-electron chi connectivity index (χ3n) is 5.18. The van der Waals surface area contributed by atoms with E-state index in [0.29, 0.717) is 5.92 Å². The zero-order chi connectivity index (χ0) is 18.0. The molecule has 1 saturated heterocycles. The summed E-state index contributed by atoms with van der Waals surface area (Å²) in [6.45, 7) is 15.2. The Morgan fingerprint density at radius 3 is 2.33 bits per heavy atom. The minimum atomic E-state index is -0.367. The summed E-state index contributed by atoms with van der Waals surface area (Å²) < 4.78 is 11.7. The van der Waals surface area contributed by atoms with Crippen molar-refractivity contribution < 1.29 is 9.47 Å². The van der Waals surface area contributed by atoms with Gasteiger partial charge in [-0.2, -0.15) is 0 Å². The van der Waals surface area contributed by atoms with Crippen LogP contribution in [-0.4, -0.2) is 19.0 Å². The Hall–Kier alpha value is -0.340. The summed E-state index contributed by atoms with van der Waals surface area (Å²) in [5.74, 6) is 1.89. The molecule has 1 fully saturated rings. The lowest BCUT2D eigenvalue weighted by atomic mass is 9.94. The third kappa shape index (κ3) is 9.84. The molecule has 0 radical (unpaired) electrons. The van der Waals surface area contributed by atoms with E-state index in [1.54, 1.807) is 0 Å². The summed E-state index contributed by atoms with van der Waals surface area (Å²) in [5, 5.41) is 0. The first-order valence-corrected chi connectivity index (χ1v) is 10.2. The van der Waals surface area contributed by atoms with E-state index in [1.165, 1.54) is 44.1 Å². The Bertz CT molecular complexity index is 351. The molecule has 2 nitrogen and oxygen atoms in total. The van der Waals surface area contributed by atoms with Crippen molar-refractivity contribution >= 4 is 0 Å². The van der Waals surface area contributed by atoms with Gasteiger partial charge in [0, 0.05) is 12.3 Å². The molecule has 0 aromatic carbocycles. The second-order valence-electron chi connectivity index (χ2n) is 8.77. The van der Waals surface area contributed by atoms with Crippen molar-refractivity contribution in [3.8, 4) is 0 Å². The molecule has 0 N–H and O–H groups in total. The molecule has 1 heterocycles. The second kappa shape index (κ2) is 11.3. The molecular formula is C22H42O2. The van der Waals surface area contributed by atoms with Crippen LogP contribution < -0.4 is 0 Å². The molecule has 0 bridgehead atoms. The van der Waals surface area contributed by atoms with Crippen LogP contribution in [0.1, 0.15) is 92.9 Å². The summed E-state index contributed by atoms with van der Waals surface area (Å²) >= 11 is 0. The Morgan fingerprint density at radius 1 is 1.08 bits per heavy atom. The average molecular weight is 339 g/mol. The molecule has 0 saturated carbocycles. The van der Waals surface area contributed by atoms with Gasteiger partial charge in [0.15, 0.2) is 5.79 Å². The van der Waals surface area contributed by atoms with Crippen LogP contribution >= 0.6 is 0 Å². The molecule has 0 aliphatic carbocycles. The van der Waals surface area contributed by atoms with Gasteiger partial charge < -0.3 is 9.47 Å². The molecule has 1 atom stereocenters. The maximum atomic E-state index is 5.87. The molecule has 0 aromatic heterocycles. The zero-order valence-corrected chi connectivity index (χ0v) is 17.2. The molecule has 0 aromatic rings. The molecular weight excluding hydrogens is 296 g/mol. The van der Waals surface area contributed by atoms with E-state index in [2.05, 4.69) is 47.6 Å². The van der Waals surface area contributed by atoms with Crippen LogP contribution in [0.15, 0.2) is 11.6 Å². The Kier molecular flexibility index (Phi) is 10.2. The first-order valence-electron chi connectivity index (χ1n) is 10.2. The van der Waals surface area contributed by atoms with Gasteiger partial charge in [-0.05, 0) is 44.9 Å². The van der Waals surface area contributed by atoms with Crippen molar-refractivity contribution in [1.29, 1.82) is 0 Å². The summed E-state index contributed by atoms with van der Waals surface area (Å²) in [7, 11) is 0. The van der Waals surface area contributed by atoms with Gasteiger partial charge in [-0.15, -0.1) is 0 Å². The highest BCUT2D eigenvalue weighted by Crippen LogP contribution is 2.26. The lowest BCUT2D eigenvalue weighted by molar-refractivity contribution is -0.273. The van der Waals surface area contributed by atoms with Crippen molar-refractivity contribution in [2.24, 2.45) is 17.8 Å². The molecule has 1 aliphatic rings. The van der Waals surface area contributed by atoms with E-state index in [1.807, 2.05) is 0 Å². The molecule has 24 heavy (non-hydrogen) atoms. The van der Waals surface area contributed by atoms with Gasteiger partial charge in [0.05, 0.1) is 13.2 Å². The van der Waals surface area contributed by atoms with Gasteiger partial charge in [0.2, 0.25) is 0 Å². The predicted molar refractivity (Wildman–Crippen MR) is 104 cm³/mol. The van der Waals surface area contributed by atoms with Crippen LogP contribution in [0.2, 0.25) is 0 Å². The molecule has 1 rings (SSSR count). The van der Waals surface area contributed by atoms with Crippen LogP contribution in [0, 0.1) is 17.8 Å². The van der Waals surface area contributed by atoms with Crippen LogP contribution in [0.3, 0.4) is 0 Å².